The average molecular weight is 748 g/mol. The first-order valence-electron chi connectivity index (χ1n) is 15.7. The Labute approximate surface area is 293 Å². The Morgan fingerprint density at radius 2 is 1.62 bits per heavy atom. The maximum Gasteiger partial charge on any atom is 0.335 e. The minimum absolute atomic E-state index is 0.0257. The molecule has 2 saturated heterocycles. The molecule has 47 heavy (non-hydrogen) atoms. The zero-order valence-electron chi connectivity index (χ0n) is 28.0. The van der Waals surface area contributed by atoms with Crippen LogP contribution in [0.3, 0.4) is 0 Å². The predicted octanol–water partition coefficient (Wildman–Crippen LogP) is 8.34. The van der Waals surface area contributed by atoms with E-state index in [1.807, 2.05) is 0 Å². The van der Waals surface area contributed by atoms with Crippen molar-refractivity contribution < 1.29 is 32.3 Å². The second-order valence-electron chi connectivity index (χ2n) is 12.8. The summed E-state index contributed by atoms with van der Waals surface area (Å²) in [4.78, 5) is 14.8. The summed E-state index contributed by atoms with van der Waals surface area (Å²) in [5.41, 5.74) is 1.90. The summed E-state index contributed by atoms with van der Waals surface area (Å²) in [6.45, 7) is 21.8. The quantitative estimate of drug-likeness (QED) is 0.125. The van der Waals surface area contributed by atoms with E-state index in [4.69, 9.17) is 62.0 Å². The fourth-order valence-electron chi connectivity index (χ4n) is 6.01. The van der Waals surface area contributed by atoms with E-state index in [1.165, 1.54) is 6.33 Å². The van der Waals surface area contributed by atoms with E-state index < -0.39 is 35.6 Å². The van der Waals surface area contributed by atoms with Crippen molar-refractivity contribution in [2.24, 2.45) is 0 Å². The SMILES string of the molecule is C=CCO[C@H]1C(O)O[C@@H]2CO[Si](C(C)C)(C(C)C)O[Si](C(C)C)(C(C)C)O[C@H]21.Clc1nc(Oc2c(Cl)cccc2Cl)c2[nH]cnc2n1. The molecule has 0 aliphatic carbocycles. The van der Waals surface area contributed by atoms with Crippen molar-refractivity contribution in [3.8, 4) is 11.6 Å². The number of H-pyrrole nitrogens is 1. The molecule has 0 bridgehead atoms. The third-order valence-electron chi connectivity index (χ3n) is 8.37. The highest BCUT2D eigenvalue weighted by atomic mass is 35.5. The number of hydrogen-bond acceptors (Lipinski definition) is 10. The lowest BCUT2D eigenvalue weighted by molar-refractivity contribution is -0.143. The number of aromatic amines is 1. The number of fused-ring (bicyclic) bond motifs is 2. The lowest BCUT2D eigenvalue weighted by Gasteiger charge is -2.51. The molecule has 16 heteroatoms. The van der Waals surface area contributed by atoms with Crippen LogP contribution in [-0.4, -0.2) is 80.0 Å². The van der Waals surface area contributed by atoms with Gasteiger partial charge in [0, 0.05) is 0 Å². The molecule has 0 amide bonds. The maximum absolute atomic E-state index is 10.5. The third kappa shape index (κ3) is 8.07. The fourth-order valence-corrected chi connectivity index (χ4v) is 17.9. The van der Waals surface area contributed by atoms with E-state index in [-0.39, 0.29) is 39.4 Å². The number of aliphatic hydroxyl groups excluding tert-OH is 1. The van der Waals surface area contributed by atoms with Gasteiger partial charge in [0.15, 0.2) is 17.7 Å². The topological polar surface area (TPSA) is 130 Å². The van der Waals surface area contributed by atoms with Gasteiger partial charge in [-0.1, -0.05) is 90.7 Å². The van der Waals surface area contributed by atoms with E-state index in [9.17, 15) is 5.11 Å². The molecule has 260 valence electrons. The first-order chi connectivity index (χ1) is 22.2. The molecule has 1 unspecified atom stereocenters. The van der Waals surface area contributed by atoms with Crippen molar-refractivity contribution in [3.05, 3.63) is 52.5 Å². The van der Waals surface area contributed by atoms with E-state index in [2.05, 4.69) is 81.9 Å². The summed E-state index contributed by atoms with van der Waals surface area (Å²) in [5, 5.41) is 11.3. The number of aromatic nitrogens is 4. The van der Waals surface area contributed by atoms with Gasteiger partial charge in [-0.2, -0.15) is 9.97 Å². The number of rotatable bonds is 9. The van der Waals surface area contributed by atoms with Crippen LogP contribution in [0.5, 0.6) is 11.6 Å². The van der Waals surface area contributed by atoms with Gasteiger partial charge >= 0.3 is 17.1 Å². The minimum Gasteiger partial charge on any atom is -0.434 e. The van der Waals surface area contributed by atoms with Gasteiger partial charge in [0.1, 0.15) is 23.8 Å². The van der Waals surface area contributed by atoms with Gasteiger partial charge in [0.05, 0.1) is 29.6 Å². The van der Waals surface area contributed by atoms with Gasteiger partial charge in [0.2, 0.25) is 11.2 Å². The van der Waals surface area contributed by atoms with Crippen molar-refractivity contribution in [2.75, 3.05) is 13.2 Å². The molecule has 0 saturated carbocycles. The number of imidazole rings is 1. The largest absolute Gasteiger partial charge is 0.434 e. The number of nitrogens with one attached hydrogen (secondary N) is 1. The highest BCUT2D eigenvalue weighted by molar-refractivity contribution is 6.84. The van der Waals surface area contributed by atoms with Crippen LogP contribution >= 0.6 is 34.8 Å². The molecule has 2 aliphatic heterocycles. The van der Waals surface area contributed by atoms with E-state index in [0.717, 1.165) is 0 Å². The van der Waals surface area contributed by atoms with Crippen LogP contribution < -0.4 is 4.74 Å². The van der Waals surface area contributed by atoms with Crippen LogP contribution in [0.1, 0.15) is 55.4 Å². The Morgan fingerprint density at radius 1 is 1.00 bits per heavy atom. The zero-order valence-corrected chi connectivity index (χ0v) is 32.3. The third-order valence-corrected chi connectivity index (χ3v) is 19.4. The summed E-state index contributed by atoms with van der Waals surface area (Å²) in [6, 6.07) is 5.04. The monoisotopic (exact) mass is 746 g/mol. The number of ether oxygens (including phenoxy) is 3. The van der Waals surface area contributed by atoms with Gasteiger partial charge in [-0.05, 0) is 45.9 Å². The standard InChI is InChI=1S/C20H40O6Si2.C11H5Cl3N4O/c1-10-11-22-19-18-17(24-20(19)21)12-23-27(13(2)3,14(4)5)26-28(25-18,15(6)7)16(8)9;12-5-2-1-3-6(13)8(5)19-10-7-9(16-4-15-7)17-11(14)18-10/h10,13-21H,1,11-12H2,2-9H3;1-4H,(H,15,16,17,18)/t17-,18-,19-,20?;/m1./s1. The van der Waals surface area contributed by atoms with Crippen molar-refractivity contribution in [2.45, 2.75) is 102 Å². The van der Waals surface area contributed by atoms with Crippen LogP contribution in [0.15, 0.2) is 37.2 Å². The summed E-state index contributed by atoms with van der Waals surface area (Å²) >= 11 is 17.9. The highest BCUT2D eigenvalue weighted by Gasteiger charge is 2.61. The molecule has 2 N–H and O–H groups in total. The summed E-state index contributed by atoms with van der Waals surface area (Å²) in [7, 11) is -5.33. The Hall–Kier alpha value is -1.63. The molecule has 3 aromatic rings. The smallest absolute Gasteiger partial charge is 0.335 e. The summed E-state index contributed by atoms with van der Waals surface area (Å²) < 4.78 is 37.9. The van der Waals surface area contributed by atoms with Crippen molar-refractivity contribution in [3.63, 3.8) is 0 Å². The molecule has 0 radical (unpaired) electrons. The van der Waals surface area contributed by atoms with Gasteiger partial charge in [0.25, 0.3) is 0 Å². The Morgan fingerprint density at radius 3 is 2.19 bits per heavy atom. The van der Waals surface area contributed by atoms with Gasteiger partial charge in [-0.3, -0.25) is 0 Å². The van der Waals surface area contributed by atoms with Crippen LogP contribution in [0.25, 0.3) is 11.2 Å². The Bertz CT molecular complexity index is 1480. The minimum atomic E-state index is -2.74. The molecular weight excluding hydrogens is 703 g/mol. The molecule has 5 rings (SSSR count). The number of benzene rings is 1. The highest BCUT2D eigenvalue weighted by Crippen LogP contribution is 2.47. The average Bonchev–Trinajstić information content (AvgIpc) is 3.57. The van der Waals surface area contributed by atoms with E-state index >= 15 is 0 Å². The van der Waals surface area contributed by atoms with Crippen LogP contribution in [-0.2, 0) is 22.4 Å². The lowest BCUT2D eigenvalue weighted by atomic mass is 10.1. The Balaban J connectivity index is 0.000000228. The lowest BCUT2D eigenvalue weighted by Crippen LogP contribution is -2.66. The second-order valence-corrected chi connectivity index (χ2v) is 22.8. The summed E-state index contributed by atoms with van der Waals surface area (Å²) in [5.74, 6) is 0.513. The first kappa shape index (κ1) is 38.2. The fraction of sp³-hybridized carbons (Fsp3) is 0.581. The van der Waals surface area contributed by atoms with E-state index in [1.54, 1.807) is 24.3 Å². The molecular formula is C31H45Cl3N4O7Si2. The number of para-hydroxylation sites is 1. The molecule has 11 nitrogen and oxygen atoms in total. The van der Waals surface area contributed by atoms with Gasteiger partial charge in [-0.25, -0.2) is 4.98 Å². The molecule has 4 atom stereocenters. The number of hydrogen-bond donors (Lipinski definition) is 2. The van der Waals surface area contributed by atoms with Gasteiger partial charge < -0.3 is 37.3 Å². The maximum atomic E-state index is 10.5. The summed E-state index contributed by atoms with van der Waals surface area (Å²) in [6.07, 6.45) is 0.724. The molecule has 1 aromatic carbocycles. The van der Waals surface area contributed by atoms with Crippen LogP contribution in [0, 0.1) is 0 Å². The number of nitrogens with zero attached hydrogens (tertiary/aromatic N) is 3. The molecule has 2 fully saturated rings. The Kier molecular flexibility index (Phi) is 12.9. The van der Waals surface area contributed by atoms with Crippen molar-refractivity contribution in [1.82, 2.24) is 19.9 Å². The second kappa shape index (κ2) is 15.9. The van der Waals surface area contributed by atoms with E-state index in [0.29, 0.717) is 40.2 Å². The first-order valence-corrected chi connectivity index (χ1v) is 20.8. The number of halogens is 3. The van der Waals surface area contributed by atoms with Crippen molar-refractivity contribution >= 4 is 63.1 Å². The van der Waals surface area contributed by atoms with Crippen molar-refractivity contribution in [1.29, 1.82) is 0 Å². The molecule has 2 aliphatic rings. The molecule has 4 heterocycles. The van der Waals surface area contributed by atoms with Gasteiger partial charge in [-0.15, -0.1) is 6.58 Å². The number of aliphatic hydroxyl groups is 1. The normalized spacial score (nSPS) is 23.8. The van der Waals surface area contributed by atoms with Crippen LogP contribution in [0.4, 0.5) is 0 Å². The zero-order chi connectivity index (χ0) is 34.7. The molecule has 0 spiro atoms. The van der Waals surface area contributed by atoms with Crippen LogP contribution in [0.2, 0.25) is 37.5 Å². The predicted molar refractivity (Wildman–Crippen MR) is 188 cm³/mol. The molecule has 2 aromatic heterocycles.